The maximum Gasteiger partial charge on any atom is 0.265 e. The minimum absolute atomic E-state index is 0.305. The van der Waals surface area contributed by atoms with Crippen LogP contribution in [-0.2, 0) is 4.79 Å². The van der Waals surface area contributed by atoms with Crippen LogP contribution in [0.15, 0.2) is 36.4 Å². The van der Waals surface area contributed by atoms with Gasteiger partial charge in [-0.1, -0.05) is 30.1 Å². The number of carbonyl (C=O) groups excluding carboxylic acids is 1. The van der Waals surface area contributed by atoms with E-state index in [1.807, 2.05) is 6.92 Å². The first-order valence-electron chi connectivity index (χ1n) is 7.63. The molecule has 0 saturated heterocycles. The van der Waals surface area contributed by atoms with Crippen molar-refractivity contribution in [3.8, 4) is 17.2 Å². The van der Waals surface area contributed by atoms with Gasteiger partial charge in [0.2, 0.25) is 0 Å². The summed E-state index contributed by atoms with van der Waals surface area (Å²) in [5.74, 6) is 1.12. The highest BCUT2D eigenvalue weighted by molar-refractivity contribution is 6.32. The average Bonchev–Trinajstić information content (AvgIpc) is 2.62. The summed E-state index contributed by atoms with van der Waals surface area (Å²) in [6, 6.07) is 10.0. The fraction of sp³-hybridized carbons (Fsp3) is 0.278. The Balaban J connectivity index is 2.17. The zero-order valence-corrected chi connectivity index (χ0v) is 15.6. The lowest BCUT2D eigenvalue weighted by molar-refractivity contribution is -0.122. The van der Waals surface area contributed by atoms with Gasteiger partial charge in [-0.15, -0.1) is 0 Å². The Hall–Kier alpha value is -2.11. The van der Waals surface area contributed by atoms with Gasteiger partial charge in [0.15, 0.2) is 6.10 Å². The number of rotatable bonds is 7. The van der Waals surface area contributed by atoms with E-state index in [0.717, 1.165) is 0 Å². The molecule has 1 amide bonds. The number of carbonyl (C=O) groups is 1. The molecule has 0 spiro atoms. The Bertz CT molecular complexity index is 735. The van der Waals surface area contributed by atoms with Gasteiger partial charge in [0.05, 0.1) is 24.9 Å². The molecule has 2 aromatic carbocycles. The Morgan fingerprint density at radius 1 is 1.08 bits per heavy atom. The van der Waals surface area contributed by atoms with Crippen molar-refractivity contribution >= 4 is 34.8 Å². The zero-order chi connectivity index (χ0) is 18.4. The van der Waals surface area contributed by atoms with Gasteiger partial charge in [0.25, 0.3) is 5.91 Å². The van der Waals surface area contributed by atoms with E-state index < -0.39 is 6.10 Å². The monoisotopic (exact) mass is 383 g/mol. The second-order valence-electron chi connectivity index (χ2n) is 5.14. The number of anilines is 1. The zero-order valence-electron chi connectivity index (χ0n) is 14.1. The lowest BCUT2D eigenvalue weighted by Gasteiger charge is -2.19. The molecule has 0 heterocycles. The number of amides is 1. The lowest BCUT2D eigenvalue weighted by atomic mass is 10.2. The van der Waals surface area contributed by atoms with E-state index in [4.69, 9.17) is 37.4 Å². The minimum atomic E-state index is -0.674. The van der Waals surface area contributed by atoms with Gasteiger partial charge in [-0.2, -0.15) is 0 Å². The van der Waals surface area contributed by atoms with Gasteiger partial charge in [0, 0.05) is 17.2 Å². The summed E-state index contributed by atoms with van der Waals surface area (Å²) in [5, 5.41) is 3.78. The Morgan fingerprint density at radius 3 is 2.28 bits per heavy atom. The van der Waals surface area contributed by atoms with Crippen LogP contribution >= 0.6 is 23.2 Å². The highest BCUT2D eigenvalue weighted by atomic mass is 35.5. The van der Waals surface area contributed by atoms with Crippen molar-refractivity contribution in [1.29, 1.82) is 0 Å². The highest BCUT2D eigenvalue weighted by Gasteiger charge is 2.21. The fourth-order valence-corrected chi connectivity index (χ4v) is 2.53. The molecule has 5 nitrogen and oxygen atoms in total. The SMILES string of the molecule is CC[C@H](Oc1ccc(Cl)cc1)C(=O)Nc1cc(OC)c(Cl)cc1OC. The number of ether oxygens (including phenoxy) is 3. The van der Waals surface area contributed by atoms with Crippen LogP contribution in [0.3, 0.4) is 0 Å². The van der Waals surface area contributed by atoms with Gasteiger partial charge >= 0.3 is 0 Å². The van der Waals surface area contributed by atoms with E-state index in [-0.39, 0.29) is 5.91 Å². The second-order valence-corrected chi connectivity index (χ2v) is 5.99. The van der Waals surface area contributed by atoms with E-state index >= 15 is 0 Å². The molecule has 0 saturated carbocycles. The molecule has 0 unspecified atom stereocenters. The molecule has 0 aliphatic rings. The smallest absolute Gasteiger partial charge is 0.265 e. The Morgan fingerprint density at radius 2 is 1.72 bits per heavy atom. The van der Waals surface area contributed by atoms with Crippen molar-refractivity contribution in [3.63, 3.8) is 0 Å². The van der Waals surface area contributed by atoms with Crippen molar-refractivity contribution in [1.82, 2.24) is 0 Å². The molecule has 0 radical (unpaired) electrons. The Kier molecular flexibility index (Phi) is 6.79. The van der Waals surface area contributed by atoms with Crippen LogP contribution in [0.4, 0.5) is 5.69 Å². The molecule has 0 bridgehead atoms. The predicted octanol–water partition coefficient (Wildman–Crippen LogP) is 4.81. The number of benzene rings is 2. The number of nitrogens with one attached hydrogen (secondary N) is 1. The Labute approximate surface area is 156 Å². The van der Waals surface area contributed by atoms with Crippen LogP contribution in [0, 0.1) is 0 Å². The second kappa shape index (κ2) is 8.83. The van der Waals surface area contributed by atoms with Crippen LogP contribution in [-0.4, -0.2) is 26.2 Å². The molecule has 7 heteroatoms. The highest BCUT2D eigenvalue weighted by Crippen LogP contribution is 2.36. The molecular weight excluding hydrogens is 365 g/mol. The summed E-state index contributed by atoms with van der Waals surface area (Å²) < 4.78 is 16.2. The van der Waals surface area contributed by atoms with Gasteiger partial charge < -0.3 is 19.5 Å². The molecule has 0 fully saturated rings. The van der Waals surface area contributed by atoms with E-state index in [1.165, 1.54) is 14.2 Å². The van der Waals surface area contributed by atoms with Crippen LogP contribution in [0.25, 0.3) is 0 Å². The topological polar surface area (TPSA) is 56.8 Å². The molecule has 2 rings (SSSR count). The van der Waals surface area contributed by atoms with Crippen LogP contribution < -0.4 is 19.5 Å². The lowest BCUT2D eigenvalue weighted by Crippen LogP contribution is -2.32. The maximum absolute atomic E-state index is 12.6. The van der Waals surface area contributed by atoms with Crippen LogP contribution in [0.2, 0.25) is 10.0 Å². The van der Waals surface area contributed by atoms with Crippen LogP contribution in [0.1, 0.15) is 13.3 Å². The standard InChI is InChI=1S/C18H19Cl2NO4/c1-4-15(25-12-7-5-11(19)6-8-12)18(22)21-14-10-16(23-2)13(20)9-17(14)24-3/h5-10,15H,4H2,1-3H3,(H,21,22)/t15-/m0/s1. The van der Waals surface area contributed by atoms with E-state index in [9.17, 15) is 4.79 Å². The summed E-state index contributed by atoms with van der Waals surface area (Å²) in [5.41, 5.74) is 0.451. The number of methoxy groups -OCH3 is 2. The van der Waals surface area contributed by atoms with Gasteiger partial charge in [-0.25, -0.2) is 0 Å². The van der Waals surface area contributed by atoms with Gasteiger partial charge in [-0.05, 0) is 30.7 Å². The van der Waals surface area contributed by atoms with E-state index in [2.05, 4.69) is 5.32 Å². The van der Waals surface area contributed by atoms with E-state index in [0.29, 0.717) is 39.4 Å². The normalized spacial score (nSPS) is 11.6. The third kappa shape index (κ3) is 4.94. The quantitative estimate of drug-likeness (QED) is 0.745. The average molecular weight is 384 g/mol. The van der Waals surface area contributed by atoms with Crippen molar-refractivity contribution in [2.24, 2.45) is 0 Å². The third-order valence-corrected chi connectivity index (χ3v) is 4.03. The fourth-order valence-electron chi connectivity index (χ4n) is 2.17. The third-order valence-electron chi connectivity index (χ3n) is 3.49. The first-order valence-corrected chi connectivity index (χ1v) is 8.38. The molecule has 0 aliphatic carbocycles. The van der Waals surface area contributed by atoms with Crippen molar-refractivity contribution in [2.45, 2.75) is 19.4 Å². The summed E-state index contributed by atoms with van der Waals surface area (Å²) in [4.78, 5) is 12.6. The van der Waals surface area contributed by atoms with Crippen molar-refractivity contribution in [2.75, 3.05) is 19.5 Å². The number of hydrogen-bond acceptors (Lipinski definition) is 4. The van der Waals surface area contributed by atoms with E-state index in [1.54, 1.807) is 36.4 Å². The van der Waals surface area contributed by atoms with Gasteiger partial charge in [-0.3, -0.25) is 4.79 Å². The van der Waals surface area contributed by atoms with Crippen LogP contribution in [0.5, 0.6) is 17.2 Å². The molecule has 1 atom stereocenters. The largest absolute Gasteiger partial charge is 0.495 e. The summed E-state index contributed by atoms with van der Waals surface area (Å²) in [6.45, 7) is 1.86. The predicted molar refractivity (Wildman–Crippen MR) is 99.3 cm³/mol. The molecule has 134 valence electrons. The van der Waals surface area contributed by atoms with Crippen molar-refractivity contribution < 1.29 is 19.0 Å². The molecule has 25 heavy (non-hydrogen) atoms. The molecule has 2 aromatic rings. The molecule has 0 aromatic heterocycles. The maximum atomic E-state index is 12.6. The molecule has 0 aliphatic heterocycles. The number of hydrogen-bond donors (Lipinski definition) is 1. The molecule has 1 N–H and O–H groups in total. The van der Waals surface area contributed by atoms with Crippen molar-refractivity contribution in [3.05, 3.63) is 46.4 Å². The summed E-state index contributed by atoms with van der Waals surface area (Å²) in [7, 11) is 2.99. The summed E-state index contributed by atoms with van der Waals surface area (Å²) in [6.07, 6.45) is -0.186. The first kappa shape index (κ1) is 19.2. The molecular formula is C18H19Cl2NO4. The minimum Gasteiger partial charge on any atom is -0.495 e. The number of halogens is 2. The summed E-state index contributed by atoms with van der Waals surface area (Å²) >= 11 is 11.9. The first-order chi connectivity index (χ1) is 12.0. The van der Waals surface area contributed by atoms with Gasteiger partial charge in [0.1, 0.15) is 17.2 Å².